The van der Waals surface area contributed by atoms with E-state index in [1.54, 1.807) is 12.1 Å². The lowest BCUT2D eigenvalue weighted by Crippen LogP contribution is -2.48. The Hall–Kier alpha value is -2.79. The molecule has 2 aromatic rings. The zero-order valence-electron chi connectivity index (χ0n) is 15.5. The maximum absolute atomic E-state index is 12.9. The van der Waals surface area contributed by atoms with E-state index in [1.807, 2.05) is 11.0 Å². The number of alkyl halides is 3. The van der Waals surface area contributed by atoms with Gasteiger partial charge in [-0.2, -0.15) is 18.4 Å². The number of rotatable bonds is 3. The van der Waals surface area contributed by atoms with E-state index >= 15 is 0 Å². The highest BCUT2D eigenvalue weighted by atomic mass is 35.5. The normalized spacial score (nSPS) is 16.2. The third kappa shape index (κ3) is 4.01. The smallest absolute Gasteiger partial charge is 0.416 e. The Morgan fingerprint density at radius 3 is 2.48 bits per heavy atom. The zero-order chi connectivity index (χ0) is 21.2. The number of nitriles is 1. The Balaban J connectivity index is 1.89. The van der Waals surface area contributed by atoms with E-state index in [0.29, 0.717) is 42.3 Å². The standard InChI is InChI=1S/C20H17ClF3N3O2/c1-29-18(28)19(15-3-5-17(21)26-12-15)6-8-27(9-7-19)16-4-2-14(20(22,23)24)10-13(16)11-25/h2-5,10,12H,6-9H2,1H3. The molecule has 3 rings (SSSR count). The molecular weight excluding hydrogens is 407 g/mol. The zero-order valence-corrected chi connectivity index (χ0v) is 16.2. The third-order valence-electron chi connectivity index (χ3n) is 5.26. The maximum atomic E-state index is 12.9. The number of halogens is 4. The minimum atomic E-state index is -4.52. The Bertz CT molecular complexity index is 947. The van der Waals surface area contributed by atoms with Gasteiger partial charge < -0.3 is 9.64 Å². The summed E-state index contributed by atoms with van der Waals surface area (Å²) in [6.45, 7) is 0.718. The second-order valence-corrected chi connectivity index (χ2v) is 7.16. The summed E-state index contributed by atoms with van der Waals surface area (Å²) in [5, 5.41) is 9.63. The molecule has 1 saturated heterocycles. The lowest BCUT2D eigenvalue weighted by atomic mass is 9.73. The van der Waals surface area contributed by atoms with E-state index in [9.17, 15) is 23.2 Å². The first-order chi connectivity index (χ1) is 13.7. The molecule has 0 unspecified atom stereocenters. The van der Waals surface area contributed by atoms with Crippen LogP contribution in [0, 0.1) is 11.3 Å². The number of anilines is 1. The summed E-state index contributed by atoms with van der Waals surface area (Å²) in [5.74, 6) is -0.408. The Labute approximate surface area is 170 Å². The van der Waals surface area contributed by atoms with Crippen LogP contribution in [0.2, 0.25) is 5.15 Å². The van der Waals surface area contributed by atoms with Crippen LogP contribution in [0.25, 0.3) is 0 Å². The van der Waals surface area contributed by atoms with Crippen LogP contribution in [0.15, 0.2) is 36.5 Å². The second-order valence-electron chi connectivity index (χ2n) is 6.77. The van der Waals surface area contributed by atoms with Gasteiger partial charge in [-0.05, 0) is 42.7 Å². The van der Waals surface area contributed by atoms with Crippen molar-refractivity contribution in [1.29, 1.82) is 5.26 Å². The van der Waals surface area contributed by atoms with Crippen LogP contribution in [-0.2, 0) is 21.1 Å². The van der Waals surface area contributed by atoms with Gasteiger partial charge in [0.1, 0.15) is 11.2 Å². The lowest BCUT2D eigenvalue weighted by Gasteiger charge is -2.41. The van der Waals surface area contributed by atoms with E-state index in [0.717, 1.165) is 12.1 Å². The first-order valence-corrected chi connectivity index (χ1v) is 9.16. The molecule has 0 saturated carbocycles. The van der Waals surface area contributed by atoms with Crippen LogP contribution in [0.5, 0.6) is 0 Å². The Morgan fingerprint density at radius 1 is 1.28 bits per heavy atom. The molecule has 0 N–H and O–H groups in total. The van der Waals surface area contributed by atoms with Crippen molar-refractivity contribution in [3.63, 3.8) is 0 Å². The van der Waals surface area contributed by atoms with Crippen LogP contribution in [0.3, 0.4) is 0 Å². The SMILES string of the molecule is COC(=O)C1(c2ccc(Cl)nc2)CCN(c2ccc(C(F)(F)F)cc2C#N)CC1. The van der Waals surface area contributed by atoms with Crippen molar-refractivity contribution in [2.45, 2.75) is 24.4 Å². The lowest BCUT2D eigenvalue weighted by molar-refractivity contribution is -0.148. The van der Waals surface area contributed by atoms with Crippen molar-refractivity contribution in [2.75, 3.05) is 25.1 Å². The number of esters is 1. The fraction of sp³-hybridized carbons (Fsp3) is 0.350. The molecule has 0 spiro atoms. The number of ether oxygens (including phenoxy) is 1. The molecule has 5 nitrogen and oxygen atoms in total. The number of methoxy groups -OCH3 is 1. The van der Waals surface area contributed by atoms with Gasteiger partial charge in [0.05, 0.1) is 29.3 Å². The molecule has 1 aliphatic rings. The van der Waals surface area contributed by atoms with Crippen LogP contribution in [0.4, 0.5) is 18.9 Å². The molecule has 0 bridgehead atoms. The summed E-state index contributed by atoms with van der Waals surface area (Å²) < 4.78 is 43.8. The van der Waals surface area contributed by atoms with Crippen molar-refractivity contribution in [2.24, 2.45) is 0 Å². The van der Waals surface area contributed by atoms with Crippen molar-refractivity contribution in [3.05, 3.63) is 58.4 Å². The van der Waals surface area contributed by atoms with Crippen molar-refractivity contribution in [1.82, 2.24) is 4.98 Å². The molecule has 0 radical (unpaired) electrons. The summed E-state index contributed by atoms with van der Waals surface area (Å²) in [7, 11) is 1.31. The minimum Gasteiger partial charge on any atom is -0.468 e. The van der Waals surface area contributed by atoms with Crippen molar-refractivity contribution in [3.8, 4) is 6.07 Å². The predicted octanol–water partition coefficient (Wildman–Crippen LogP) is 4.34. The number of benzene rings is 1. The molecule has 0 aliphatic carbocycles. The molecule has 1 aliphatic heterocycles. The first kappa shape index (κ1) is 20.9. The summed E-state index contributed by atoms with van der Waals surface area (Å²) in [6, 6.07) is 8.27. The summed E-state index contributed by atoms with van der Waals surface area (Å²) in [6.07, 6.45) is -2.27. The average Bonchev–Trinajstić information content (AvgIpc) is 2.72. The van der Waals surface area contributed by atoms with Crippen LogP contribution < -0.4 is 4.90 Å². The highest BCUT2D eigenvalue weighted by molar-refractivity contribution is 6.29. The fourth-order valence-electron chi connectivity index (χ4n) is 3.67. The molecule has 1 aromatic heterocycles. The van der Waals surface area contributed by atoms with E-state index < -0.39 is 23.1 Å². The largest absolute Gasteiger partial charge is 0.468 e. The highest BCUT2D eigenvalue weighted by Gasteiger charge is 2.44. The predicted molar refractivity (Wildman–Crippen MR) is 101 cm³/mol. The Kier molecular flexibility index (Phi) is 5.71. The van der Waals surface area contributed by atoms with Crippen LogP contribution in [-0.4, -0.2) is 31.2 Å². The molecule has 1 fully saturated rings. The van der Waals surface area contributed by atoms with E-state index in [2.05, 4.69) is 4.98 Å². The number of carbonyl (C=O) groups excluding carboxylic acids is 1. The Morgan fingerprint density at radius 2 is 1.97 bits per heavy atom. The molecule has 29 heavy (non-hydrogen) atoms. The van der Waals surface area contributed by atoms with Crippen molar-refractivity contribution < 1.29 is 22.7 Å². The van der Waals surface area contributed by atoms with Gasteiger partial charge in [-0.1, -0.05) is 17.7 Å². The van der Waals surface area contributed by atoms with Gasteiger partial charge >= 0.3 is 12.1 Å². The molecule has 152 valence electrons. The minimum absolute atomic E-state index is 0.0569. The van der Waals surface area contributed by atoms with Gasteiger partial charge in [0, 0.05) is 19.3 Å². The summed E-state index contributed by atoms with van der Waals surface area (Å²) in [5.41, 5.74) is -0.777. The average molecular weight is 424 g/mol. The first-order valence-electron chi connectivity index (χ1n) is 8.78. The van der Waals surface area contributed by atoms with E-state index in [4.69, 9.17) is 16.3 Å². The third-order valence-corrected chi connectivity index (χ3v) is 5.48. The summed E-state index contributed by atoms with van der Waals surface area (Å²) >= 11 is 5.84. The van der Waals surface area contributed by atoms with Crippen molar-refractivity contribution >= 4 is 23.3 Å². The number of pyridine rings is 1. The number of piperidine rings is 1. The van der Waals surface area contributed by atoms with Gasteiger partial charge in [-0.25, -0.2) is 4.98 Å². The molecule has 9 heteroatoms. The van der Waals surface area contributed by atoms with Gasteiger partial charge in [0.2, 0.25) is 0 Å². The molecule has 1 aromatic carbocycles. The van der Waals surface area contributed by atoms with E-state index in [1.165, 1.54) is 19.4 Å². The monoisotopic (exact) mass is 423 g/mol. The maximum Gasteiger partial charge on any atom is 0.416 e. The highest BCUT2D eigenvalue weighted by Crippen LogP contribution is 2.39. The second kappa shape index (κ2) is 7.91. The summed E-state index contributed by atoms with van der Waals surface area (Å²) in [4.78, 5) is 18.5. The van der Waals surface area contributed by atoms with E-state index in [-0.39, 0.29) is 5.56 Å². The molecule has 0 atom stereocenters. The number of hydrogen-bond donors (Lipinski definition) is 0. The molecule has 2 heterocycles. The molecular formula is C20H17ClF3N3O2. The van der Waals surface area contributed by atoms with Gasteiger partial charge in [0.25, 0.3) is 0 Å². The number of carbonyl (C=O) groups is 1. The number of aromatic nitrogens is 1. The fourth-order valence-corrected chi connectivity index (χ4v) is 3.78. The van der Waals surface area contributed by atoms with Crippen LogP contribution >= 0.6 is 11.6 Å². The topological polar surface area (TPSA) is 66.2 Å². The number of nitrogens with zero attached hydrogens (tertiary/aromatic N) is 3. The van der Waals surface area contributed by atoms with Gasteiger partial charge in [-0.3, -0.25) is 4.79 Å². The molecule has 0 amide bonds. The number of hydrogen-bond acceptors (Lipinski definition) is 5. The van der Waals surface area contributed by atoms with Crippen LogP contribution in [0.1, 0.15) is 29.5 Å². The van der Waals surface area contributed by atoms with Gasteiger partial charge in [-0.15, -0.1) is 0 Å². The quantitative estimate of drug-likeness (QED) is 0.543. The van der Waals surface area contributed by atoms with Gasteiger partial charge in [0.15, 0.2) is 0 Å².